The molecule has 9 N–H and O–H groups in total. The average Bonchev–Trinajstić information content (AvgIpc) is 2.87. The number of nitrogens with one attached hydrogen (secondary N) is 2. The van der Waals surface area contributed by atoms with Crippen molar-refractivity contribution in [1.82, 2.24) is 10.6 Å². The number of aliphatic hydroxyl groups is 1. The molecule has 1 aromatic rings. The summed E-state index contributed by atoms with van der Waals surface area (Å²) in [6.45, 7) is 6.76. The minimum atomic E-state index is -1.08. The summed E-state index contributed by atoms with van der Waals surface area (Å²) in [5.41, 5.74) is 17.4. The van der Waals surface area contributed by atoms with E-state index in [1.807, 2.05) is 30.3 Å². The summed E-state index contributed by atoms with van der Waals surface area (Å²) in [5.74, 6) is -3.38. The number of amides is 2. The highest BCUT2D eigenvalue weighted by molar-refractivity contribution is 5.95. The van der Waals surface area contributed by atoms with Gasteiger partial charge in [0.15, 0.2) is 17.5 Å². The third kappa shape index (κ3) is 11.4. The number of aliphatic imine (C=N–C) groups is 1. The largest absolute Gasteiger partial charge is 0.396 e. The van der Waals surface area contributed by atoms with Crippen molar-refractivity contribution < 1.29 is 24.3 Å². The van der Waals surface area contributed by atoms with Crippen molar-refractivity contribution in [2.45, 2.75) is 71.5 Å². The van der Waals surface area contributed by atoms with Gasteiger partial charge in [-0.15, -0.1) is 0 Å². The first-order valence-corrected chi connectivity index (χ1v) is 13.0. The molecule has 0 bridgehead atoms. The molecule has 0 fully saturated rings. The summed E-state index contributed by atoms with van der Waals surface area (Å²) in [7, 11) is 0. The maximum Gasteiger partial charge on any atom is 0.237 e. The molecule has 212 valence electrons. The van der Waals surface area contributed by atoms with Gasteiger partial charge in [-0.2, -0.15) is 0 Å². The van der Waals surface area contributed by atoms with Crippen LogP contribution in [0.3, 0.4) is 0 Å². The zero-order valence-corrected chi connectivity index (χ0v) is 22.9. The van der Waals surface area contributed by atoms with Crippen LogP contribution >= 0.6 is 0 Å². The number of carbonyl (C=O) groups is 4. The third-order valence-corrected chi connectivity index (χ3v) is 6.17. The standard InChI is InChI=1S/C27H44N6O5/c1-16(2)23(33-26(38)20(28)11-8-12-31-27(29)30)22(35)14-19(15-34)25(37)32-21(24(36)17(3)4)13-18-9-6-5-7-10-18/h5-7,9-10,16-17,19-21,23,34H,8,11-15,28H2,1-4H3,(H,32,37)(H,33,38)(H4,29,30,31)/t19-,20-,21-,23-/m0/s1. The number of ketones is 2. The van der Waals surface area contributed by atoms with Crippen molar-refractivity contribution in [2.75, 3.05) is 13.2 Å². The molecule has 0 radical (unpaired) electrons. The number of benzene rings is 1. The molecule has 1 rings (SSSR count). The van der Waals surface area contributed by atoms with Crippen LogP contribution < -0.4 is 27.8 Å². The molecule has 0 aliphatic heterocycles. The quantitative estimate of drug-likeness (QED) is 0.0915. The lowest BCUT2D eigenvalue weighted by Crippen LogP contribution is -2.52. The van der Waals surface area contributed by atoms with Crippen molar-refractivity contribution in [3.05, 3.63) is 35.9 Å². The van der Waals surface area contributed by atoms with Crippen molar-refractivity contribution in [2.24, 2.45) is 39.9 Å². The van der Waals surface area contributed by atoms with E-state index in [-0.39, 0.29) is 30.0 Å². The first kappa shape index (κ1) is 32.7. The Morgan fingerprint density at radius 1 is 0.974 bits per heavy atom. The minimum Gasteiger partial charge on any atom is -0.396 e. The Kier molecular flexibility index (Phi) is 14.2. The zero-order valence-electron chi connectivity index (χ0n) is 22.9. The third-order valence-electron chi connectivity index (χ3n) is 6.17. The highest BCUT2D eigenvalue weighted by Gasteiger charge is 2.32. The number of aliphatic hydroxyl groups excluding tert-OH is 1. The summed E-state index contributed by atoms with van der Waals surface area (Å²) in [6.07, 6.45) is 0.787. The number of Topliss-reactive ketones (excluding diaryl/α,β-unsaturated/α-hetero) is 2. The topological polar surface area (TPSA) is 203 Å². The van der Waals surface area contributed by atoms with Crippen LogP contribution in [0.1, 0.15) is 52.5 Å². The number of nitrogens with zero attached hydrogens (tertiary/aromatic N) is 1. The number of carbonyl (C=O) groups excluding carboxylic acids is 4. The van der Waals surface area contributed by atoms with Gasteiger partial charge in [0.1, 0.15) is 0 Å². The molecule has 0 aromatic heterocycles. The van der Waals surface area contributed by atoms with Gasteiger partial charge < -0.3 is 32.9 Å². The molecule has 38 heavy (non-hydrogen) atoms. The Hall–Kier alpha value is -3.31. The molecule has 0 saturated heterocycles. The molecule has 2 amide bonds. The second-order valence-electron chi connectivity index (χ2n) is 10.1. The number of guanidine groups is 1. The maximum absolute atomic E-state index is 13.1. The van der Waals surface area contributed by atoms with Crippen molar-refractivity contribution in [1.29, 1.82) is 0 Å². The fourth-order valence-electron chi connectivity index (χ4n) is 3.90. The van der Waals surface area contributed by atoms with Crippen LogP contribution in [0.25, 0.3) is 0 Å². The van der Waals surface area contributed by atoms with Gasteiger partial charge in [-0.1, -0.05) is 58.0 Å². The van der Waals surface area contributed by atoms with Crippen molar-refractivity contribution >= 4 is 29.3 Å². The molecule has 0 spiro atoms. The second kappa shape index (κ2) is 16.5. The lowest BCUT2D eigenvalue weighted by Gasteiger charge is -2.26. The summed E-state index contributed by atoms with van der Waals surface area (Å²) < 4.78 is 0. The molecule has 11 heteroatoms. The van der Waals surface area contributed by atoms with E-state index in [1.165, 1.54) is 0 Å². The average molecular weight is 533 g/mol. The molecule has 0 aliphatic rings. The molecular formula is C27H44N6O5. The fraction of sp³-hybridized carbons (Fsp3) is 0.593. The molecule has 0 unspecified atom stereocenters. The Labute approximate surface area is 225 Å². The van der Waals surface area contributed by atoms with Crippen LogP contribution in [0, 0.1) is 17.8 Å². The van der Waals surface area contributed by atoms with E-state index in [2.05, 4.69) is 15.6 Å². The summed E-state index contributed by atoms with van der Waals surface area (Å²) in [5, 5.41) is 15.3. The number of hydrogen-bond acceptors (Lipinski definition) is 7. The van der Waals surface area contributed by atoms with Gasteiger partial charge in [0.25, 0.3) is 0 Å². The summed E-state index contributed by atoms with van der Waals surface area (Å²) >= 11 is 0. The summed E-state index contributed by atoms with van der Waals surface area (Å²) in [6, 6.07) is 6.72. The van der Waals surface area contributed by atoms with Gasteiger partial charge in [0.05, 0.1) is 30.7 Å². The van der Waals surface area contributed by atoms with Crippen LogP contribution in [0.2, 0.25) is 0 Å². The molecule has 11 nitrogen and oxygen atoms in total. The summed E-state index contributed by atoms with van der Waals surface area (Å²) in [4.78, 5) is 55.4. The van der Waals surface area contributed by atoms with Crippen LogP contribution in [0.15, 0.2) is 35.3 Å². The number of nitrogens with two attached hydrogens (primary N) is 3. The molecule has 0 heterocycles. The predicted molar refractivity (Wildman–Crippen MR) is 147 cm³/mol. The lowest BCUT2D eigenvalue weighted by molar-refractivity contribution is -0.135. The first-order valence-electron chi connectivity index (χ1n) is 13.0. The fourth-order valence-corrected chi connectivity index (χ4v) is 3.90. The minimum absolute atomic E-state index is 0.0454. The van der Waals surface area contributed by atoms with Crippen LogP contribution in [0.4, 0.5) is 0 Å². The van der Waals surface area contributed by atoms with E-state index >= 15 is 0 Å². The van der Waals surface area contributed by atoms with E-state index in [9.17, 15) is 24.3 Å². The molecule has 0 aliphatic carbocycles. The smallest absolute Gasteiger partial charge is 0.237 e. The van der Waals surface area contributed by atoms with Crippen LogP contribution in [-0.2, 0) is 25.6 Å². The van der Waals surface area contributed by atoms with Gasteiger partial charge in [-0.3, -0.25) is 24.2 Å². The number of hydrogen-bond donors (Lipinski definition) is 6. The molecule has 0 saturated carbocycles. The van der Waals surface area contributed by atoms with E-state index in [0.29, 0.717) is 25.8 Å². The van der Waals surface area contributed by atoms with Crippen LogP contribution in [0.5, 0.6) is 0 Å². The number of rotatable bonds is 17. The van der Waals surface area contributed by atoms with Gasteiger partial charge >= 0.3 is 0 Å². The van der Waals surface area contributed by atoms with E-state index in [1.54, 1.807) is 27.7 Å². The van der Waals surface area contributed by atoms with Gasteiger partial charge in [-0.25, -0.2) is 0 Å². The SMILES string of the molecule is CC(C)C(=O)[C@H](Cc1ccccc1)NC(=O)[C@H](CO)CC(=O)[C@@H](NC(=O)[C@@H](N)CCCN=C(N)N)C(C)C. The maximum atomic E-state index is 13.1. The van der Waals surface area contributed by atoms with Crippen LogP contribution in [-0.4, -0.2) is 65.7 Å². The molecular weight excluding hydrogens is 488 g/mol. The normalized spacial score (nSPS) is 14.3. The highest BCUT2D eigenvalue weighted by Crippen LogP contribution is 2.14. The zero-order chi connectivity index (χ0) is 28.8. The Morgan fingerprint density at radius 3 is 2.13 bits per heavy atom. The van der Waals surface area contributed by atoms with Crippen molar-refractivity contribution in [3.63, 3.8) is 0 Å². The lowest BCUT2D eigenvalue weighted by atomic mass is 9.91. The van der Waals surface area contributed by atoms with E-state index < -0.39 is 48.2 Å². The van der Waals surface area contributed by atoms with E-state index in [0.717, 1.165) is 5.56 Å². The Balaban J connectivity index is 2.85. The second-order valence-corrected chi connectivity index (χ2v) is 10.1. The Bertz CT molecular complexity index is 947. The van der Waals surface area contributed by atoms with Crippen molar-refractivity contribution in [3.8, 4) is 0 Å². The van der Waals surface area contributed by atoms with Gasteiger partial charge in [0, 0.05) is 18.9 Å². The first-order chi connectivity index (χ1) is 17.9. The predicted octanol–water partition coefficient (Wildman–Crippen LogP) is 0.0284. The van der Waals surface area contributed by atoms with E-state index in [4.69, 9.17) is 17.2 Å². The van der Waals surface area contributed by atoms with Gasteiger partial charge in [-0.05, 0) is 30.7 Å². The molecule has 1 aromatic carbocycles. The highest BCUT2D eigenvalue weighted by atomic mass is 16.3. The monoisotopic (exact) mass is 532 g/mol. The van der Waals surface area contributed by atoms with Gasteiger partial charge in [0.2, 0.25) is 11.8 Å². The Morgan fingerprint density at radius 2 is 1.61 bits per heavy atom. The molecule has 4 atom stereocenters.